The molecule has 0 saturated heterocycles. The Bertz CT molecular complexity index is 378. The van der Waals surface area contributed by atoms with Gasteiger partial charge in [-0.05, 0) is 18.6 Å². The number of benzene rings is 1. The van der Waals surface area contributed by atoms with Crippen LogP contribution in [0.3, 0.4) is 0 Å². The van der Waals surface area contributed by atoms with Gasteiger partial charge in [-0.15, -0.1) is 0 Å². The van der Waals surface area contributed by atoms with Gasteiger partial charge in [0.15, 0.2) is 6.29 Å². The third-order valence-electron chi connectivity index (χ3n) is 2.10. The lowest BCUT2D eigenvalue weighted by Crippen LogP contribution is -2.01. The Balaban J connectivity index is 0.000000209. The molecule has 0 amide bonds. The van der Waals surface area contributed by atoms with Gasteiger partial charge >= 0.3 is 11.9 Å². The van der Waals surface area contributed by atoms with Crippen molar-refractivity contribution in [3.8, 4) is 0 Å². The molecule has 0 aliphatic carbocycles. The molecule has 0 fully saturated rings. The molecular formula is C12H14O5. The number of cyclic esters (lactones) is 2. The summed E-state index contributed by atoms with van der Waals surface area (Å²) in [5.41, 5.74) is 0.718. The van der Waals surface area contributed by atoms with E-state index in [1.165, 1.54) is 0 Å². The summed E-state index contributed by atoms with van der Waals surface area (Å²) in [6.45, 7) is 1.90. The smallest absolute Gasteiger partial charge is 0.346 e. The molecule has 1 aliphatic heterocycles. The van der Waals surface area contributed by atoms with Crippen LogP contribution in [-0.4, -0.2) is 28.4 Å². The first-order valence-corrected chi connectivity index (χ1v) is 5.28. The number of hydrogen-bond acceptors (Lipinski definition) is 5. The lowest BCUT2D eigenvalue weighted by Gasteiger charge is -1.94. The minimum Gasteiger partial charge on any atom is -0.386 e. The molecule has 1 aromatic carbocycles. The van der Waals surface area contributed by atoms with Crippen LogP contribution in [0.4, 0.5) is 0 Å². The normalized spacial score (nSPS) is 12.9. The molecule has 2 N–H and O–H groups in total. The van der Waals surface area contributed by atoms with Crippen LogP contribution in [0.15, 0.2) is 24.3 Å². The number of hydrogen-bond donors (Lipinski definition) is 2. The van der Waals surface area contributed by atoms with Crippen LogP contribution in [0.2, 0.25) is 0 Å². The molecule has 1 aromatic rings. The van der Waals surface area contributed by atoms with Gasteiger partial charge in [-0.25, -0.2) is 9.59 Å². The highest BCUT2D eigenvalue weighted by atomic mass is 16.6. The van der Waals surface area contributed by atoms with E-state index in [0.29, 0.717) is 17.5 Å². The van der Waals surface area contributed by atoms with E-state index >= 15 is 0 Å². The minimum atomic E-state index is -1.10. The second-order valence-corrected chi connectivity index (χ2v) is 3.49. The summed E-state index contributed by atoms with van der Waals surface area (Å²) >= 11 is 0. The van der Waals surface area contributed by atoms with Crippen molar-refractivity contribution >= 4 is 11.9 Å². The number of aliphatic hydroxyl groups excluding tert-OH is 1. The molecule has 92 valence electrons. The average Bonchev–Trinajstić information content (AvgIpc) is 2.56. The van der Waals surface area contributed by atoms with E-state index in [2.05, 4.69) is 4.74 Å². The van der Waals surface area contributed by atoms with Gasteiger partial charge in [-0.1, -0.05) is 25.5 Å². The van der Waals surface area contributed by atoms with Gasteiger partial charge in [-0.2, -0.15) is 0 Å². The number of aliphatic hydroxyl groups is 2. The van der Waals surface area contributed by atoms with Crippen molar-refractivity contribution in [2.45, 2.75) is 26.1 Å². The van der Waals surface area contributed by atoms with Gasteiger partial charge in [0.1, 0.15) is 0 Å². The van der Waals surface area contributed by atoms with Crippen molar-refractivity contribution in [2.75, 3.05) is 0 Å². The van der Waals surface area contributed by atoms with Crippen molar-refractivity contribution in [1.82, 2.24) is 0 Å². The number of carbonyl (C=O) groups is 2. The number of esters is 2. The van der Waals surface area contributed by atoms with Gasteiger partial charge in [-0.3, -0.25) is 0 Å². The van der Waals surface area contributed by atoms with E-state index in [1.54, 1.807) is 24.3 Å². The van der Waals surface area contributed by atoms with Crippen LogP contribution in [0, 0.1) is 0 Å². The molecule has 17 heavy (non-hydrogen) atoms. The van der Waals surface area contributed by atoms with E-state index in [-0.39, 0.29) is 0 Å². The fourth-order valence-electron chi connectivity index (χ4n) is 1.29. The SMILES string of the molecule is CCCC(O)O.O=C1OC(=O)c2ccccc21. The van der Waals surface area contributed by atoms with Crippen molar-refractivity contribution in [3.05, 3.63) is 35.4 Å². The number of carbonyl (C=O) groups excluding carboxylic acids is 2. The van der Waals surface area contributed by atoms with Crippen LogP contribution in [0.25, 0.3) is 0 Å². The second kappa shape index (κ2) is 6.12. The predicted octanol–water partition coefficient (Wildman–Crippen LogP) is 1.09. The first-order valence-electron chi connectivity index (χ1n) is 5.28. The monoisotopic (exact) mass is 238 g/mol. The van der Waals surface area contributed by atoms with Gasteiger partial charge in [0, 0.05) is 0 Å². The van der Waals surface area contributed by atoms with Gasteiger partial charge in [0.2, 0.25) is 0 Å². The minimum absolute atomic E-state index is 0.359. The van der Waals surface area contributed by atoms with E-state index in [9.17, 15) is 9.59 Å². The van der Waals surface area contributed by atoms with Crippen molar-refractivity contribution in [3.63, 3.8) is 0 Å². The maximum atomic E-state index is 10.8. The van der Waals surface area contributed by atoms with E-state index in [4.69, 9.17) is 10.2 Å². The van der Waals surface area contributed by atoms with Crippen LogP contribution in [0.5, 0.6) is 0 Å². The Morgan fingerprint density at radius 1 is 1.12 bits per heavy atom. The average molecular weight is 238 g/mol. The molecule has 0 bridgehead atoms. The van der Waals surface area contributed by atoms with E-state index in [0.717, 1.165) is 6.42 Å². The molecule has 0 aromatic heterocycles. The molecule has 2 rings (SSSR count). The molecule has 5 heteroatoms. The summed E-state index contributed by atoms with van der Waals surface area (Å²) in [6.07, 6.45) is 0.215. The highest BCUT2D eigenvalue weighted by Gasteiger charge is 2.28. The van der Waals surface area contributed by atoms with E-state index in [1.807, 2.05) is 6.92 Å². The highest BCUT2D eigenvalue weighted by Crippen LogP contribution is 2.18. The van der Waals surface area contributed by atoms with Crippen LogP contribution in [-0.2, 0) is 4.74 Å². The topological polar surface area (TPSA) is 83.8 Å². The maximum Gasteiger partial charge on any atom is 0.346 e. The van der Waals surface area contributed by atoms with Crippen LogP contribution in [0.1, 0.15) is 40.5 Å². The Labute approximate surface area is 98.6 Å². The number of ether oxygens (including phenoxy) is 1. The fourth-order valence-corrected chi connectivity index (χ4v) is 1.29. The largest absolute Gasteiger partial charge is 0.386 e. The first-order chi connectivity index (χ1) is 8.06. The second-order valence-electron chi connectivity index (χ2n) is 3.49. The van der Waals surface area contributed by atoms with Gasteiger partial charge < -0.3 is 14.9 Å². The highest BCUT2D eigenvalue weighted by molar-refractivity contribution is 6.14. The van der Waals surface area contributed by atoms with Crippen molar-refractivity contribution in [1.29, 1.82) is 0 Å². The zero-order valence-electron chi connectivity index (χ0n) is 9.42. The summed E-state index contributed by atoms with van der Waals surface area (Å²) < 4.78 is 4.35. The lowest BCUT2D eigenvalue weighted by atomic mass is 10.1. The Morgan fingerprint density at radius 3 is 1.88 bits per heavy atom. The Hall–Kier alpha value is -1.72. The lowest BCUT2D eigenvalue weighted by molar-refractivity contribution is -0.0453. The summed E-state index contributed by atoms with van der Waals surface area (Å²) in [7, 11) is 0. The summed E-state index contributed by atoms with van der Waals surface area (Å²) in [6, 6.07) is 6.53. The Kier molecular flexibility index (Phi) is 4.81. The maximum absolute atomic E-state index is 10.8. The van der Waals surface area contributed by atoms with Gasteiger partial charge in [0.25, 0.3) is 0 Å². The Morgan fingerprint density at radius 2 is 1.59 bits per heavy atom. The first kappa shape index (κ1) is 13.3. The third kappa shape index (κ3) is 3.65. The fraction of sp³-hybridized carbons (Fsp3) is 0.333. The number of rotatable bonds is 2. The molecule has 1 heterocycles. The molecule has 1 aliphatic rings. The summed E-state index contributed by atoms with van der Waals surface area (Å²) in [5, 5.41) is 16.2. The van der Waals surface area contributed by atoms with Crippen molar-refractivity contribution < 1.29 is 24.5 Å². The molecule has 0 saturated carbocycles. The number of fused-ring (bicyclic) bond motifs is 1. The molecule has 0 radical (unpaired) electrons. The van der Waals surface area contributed by atoms with Crippen molar-refractivity contribution in [2.24, 2.45) is 0 Å². The molecule has 5 nitrogen and oxygen atoms in total. The third-order valence-corrected chi connectivity index (χ3v) is 2.10. The van der Waals surface area contributed by atoms with Crippen LogP contribution >= 0.6 is 0 Å². The predicted molar refractivity (Wildman–Crippen MR) is 59.3 cm³/mol. The zero-order valence-corrected chi connectivity index (χ0v) is 9.42. The summed E-state index contributed by atoms with van der Waals surface area (Å²) in [4.78, 5) is 21.7. The molecule has 0 unspecified atom stereocenters. The molecular weight excluding hydrogens is 224 g/mol. The molecule has 0 atom stereocenters. The zero-order chi connectivity index (χ0) is 12.8. The standard InChI is InChI=1S/C8H4O3.C4H10O2/c9-7-5-3-1-2-4-6(5)8(10)11-7;1-2-3-4(5)6/h1-4H;4-6H,2-3H2,1H3. The van der Waals surface area contributed by atoms with Gasteiger partial charge in [0.05, 0.1) is 11.1 Å². The molecule has 0 spiro atoms. The van der Waals surface area contributed by atoms with Crippen LogP contribution < -0.4 is 0 Å². The quantitative estimate of drug-likeness (QED) is 0.458. The summed E-state index contributed by atoms with van der Waals surface area (Å²) in [5.74, 6) is -1.10. The van der Waals surface area contributed by atoms with E-state index < -0.39 is 18.2 Å².